The number of aryl methyl sites for hydroxylation is 1. The van der Waals surface area contributed by atoms with Crippen molar-refractivity contribution >= 4 is 0 Å². The Morgan fingerprint density at radius 1 is 1.33 bits per heavy atom. The van der Waals surface area contributed by atoms with Gasteiger partial charge in [-0.05, 0) is 37.0 Å². The van der Waals surface area contributed by atoms with Crippen LogP contribution in [-0.4, -0.2) is 5.11 Å². The molecular formula is C12H16FNO. The van der Waals surface area contributed by atoms with Crippen molar-refractivity contribution in [1.82, 2.24) is 0 Å². The lowest BCUT2D eigenvalue weighted by Gasteiger charge is -2.24. The summed E-state index contributed by atoms with van der Waals surface area (Å²) in [7, 11) is 0. The normalized spacial score (nSPS) is 19.4. The second-order valence-electron chi connectivity index (χ2n) is 4.49. The predicted molar refractivity (Wildman–Crippen MR) is 57.1 cm³/mol. The van der Waals surface area contributed by atoms with Gasteiger partial charge < -0.3 is 10.8 Å². The lowest BCUT2D eigenvalue weighted by molar-refractivity contribution is 0.417. The summed E-state index contributed by atoms with van der Waals surface area (Å²) >= 11 is 0. The number of phenols is 1. The first kappa shape index (κ1) is 10.4. The molecule has 82 valence electrons. The van der Waals surface area contributed by atoms with Crippen LogP contribution in [0.1, 0.15) is 36.8 Å². The number of hydrogen-bond acceptors (Lipinski definition) is 2. The molecule has 1 aromatic rings. The standard InChI is InChI=1S/C12H16FNO/c1-8-6-9(7-10(15)11(8)13)12(14)4-2-3-5-12/h6-7,15H,2-5,14H2,1H3. The Morgan fingerprint density at radius 2 is 1.93 bits per heavy atom. The number of nitrogens with two attached hydrogens (primary N) is 1. The quantitative estimate of drug-likeness (QED) is 0.746. The van der Waals surface area contributed by atoms with Crippen molar-refractivity contribution in [3.8, 4) is 5.75 Å². The fraction of sp³-hybridized carbons (Fsp3) is 0.500. The lowest BCUT2D eigenvalue weighted by atomic mass is 9.88. The van der Waals surface area contributed by atoms with E-state index in [9.17, 15) is 9.50 Å². The van der Waals surface area contributed by atoms with Gasteiger partial charge in [-0.3, -0.25) is 0 Å². The number of benzene rings is 1. The summed E-state index contributed by atoms with van der Waals surface area (Å²) in [5.41, 5.74) is 7.19. The third-order valence-corrected chi connectivity index (χ3v) is 3.31. The maximum atomic E-state index is 13.2. The maximum absolute atomic E-state index is 13.2. The molecule has 1 aliphatic carbocycles. The predicted octanol–water partition coefficient (Wildman–Crippen LogP) is 2.57. The number of aromatic hydroxyl groups is 1. The third-order valence-electron chi connectivity index (χ3n) is 3.31. The van der Waals surface area contributed by atoms with Crippen molar-refractivity contribution in [2.24, 2.45) is 5.73 Å². The van der Waals surface area contributed by atoms with Gasteiger partial charge in [0, 0.05) is 5.54 Å². The first-order valence-electron chi connectivity index (χ1n) is 5.31. The Hall–Kier alpha value is -1.09. The molecule has 3 N–H and O–H groups in total. The first-order chi connectivity index (χ1) is 7.03. The zero-order valence-corrected chi connectivity index (χ0v) is 8.89. The molecule has 2 rings (SSSR count). The van der Waals surface area contributed by atoms with Crippen molar-refractivity contribution in [1.29, 1.82) is 0 Å². The molecule has 1 saturated carbocycles. The van der Waals surface area contributed by atoms with Gasteiger partial charge in [0.1, 0.15) is 0 Å². The molecule has 0 radical (unpaired) electrons. The van der Waals surface area contributed by atoms with Gasteiger partial charge in [0.25, 0.3) is 0 Å². The molecule has 0 saturated heterocycles. The van der Waals surface area contributed by atoms with E-state index in [1.807, 2.05) is 0 Å². The van der Waals surface area contributed by atoms with E-state index in [4.69, 9.17) is 5.73 Å². The van der Waals surface area contributed by atoms with Crippen LogP contribution < -0.4 is 5.73 Å². The minimum absolute atomic E-state index is 0.290. The lowest BCUT2D eigenvalue weighted by Crippen LogP contribution is -2.33. The van der Waals surface area contributed by atoms with Crippen LogP contribution in [0.15, 0.2) is 12.1 Å². The maximum Gasteiger partial charge on any atom is 0.167 e. The molecule has 0 aromatic heterocycles. The number of hydrogen-bond donors (Lipinski definition) is 2. The van der Waals surface area contributed by atoms with E-state index < -0.39 is 5.82 Å². The summed E-state index contributed by atoms with van der Waals surface area (Å²) in [6.07, 6.45) is 4.04. The van der Waals surface area contributed by atoms with Crippen LogP contribution in [0.5, 0.6) is 5.75 Å². The van der Waals surface area contributed by atoms with Gasteiger partial charge in [-0.25, -0.2) is 4.39 Å². The zero-order chi connectivity index (χ0) is 11.1. The summed E-state index contributed by atoms with van der Waals surface area (Å²) < 4.78 is 13.2. The van der Waals surface area contributed by atoms with Crippen molar-refractivity contribution in [3.63, 3.8) is 0 Å². The van der Waals surface area contributed by atoms with E-state index in [1.54, 1.807) is 13.0 Å². The van der Waals surface area contributed by atoms with E-state index in [0.717, 1.165) is 31.2 Å². The number of halogens is 1. The van der Waals surface area contributed by atoms with Crippen LogP contribution in [0, 0.1) is 12.7 Å². The average Bonchev–Trinajstić information content (AvgIpc) is 2.62. The van der Waals surface area contributed by atoms with Crippen molar-refractivity contribution in [2.45, 2.75) is 38.1 Å². The molecule has 0 bridgehead atoms. The topological polar surface area (TPSA) is 46.2 Å². The van der Waals surface area contributed by atoms with Gasteiger partial charge in [-0.15, -0.1) is 0 Å². The van der Waals surface area contributed by atoms with Crippen LogP contribution >= 0.6 is 0 Å². The summed E-state index contributed by atoms with van der Waals surface area (Å²) in [5.74, 6) is -0.831. The second-order valence-corrected chi connectivity index (χ2v) is 4.49. The average molecular weight is 209 g/mol. The summed E-state index contributed by atoms with van der Waals surface area (Å²) in [5, 5.41) is 9.43. The van der Waals surface area contributed by atoms with Crippen LogP contribution in [-0.2, 0) is 5.54 Å². The highest BCUT2D eigenvalue weighted by molar-refractivity contribution is 5.38. The zero-order valence-electron chi connectivity index (χ0n) is 8.89. The van der Waals surface area contributed by atoms with Gasteiger partial charge in [0.05, 0.1) is 0 Å². The molecule has 2 nitrogen and oxygen atoms in total. The van der Waals surface area contributed by atoms with Gasteiger partial charge in [-0.1, -0.05) is 18.9 Å². The molecule has 0 aliphatic heterocycles. The largest absolute Gasteiger partial charge is 0.505 e. The minimum Gasteiger partial charge on any atom is -0.505 e. The van der Waals surface area contributed by atoms with E-state index in [1.165, 1.54) is 6.07 Å². The molecular weight excluding hydrogens is 193 g/mol. The van der Waals surface area contributed by atoms with Crippen LogP contribution in [0.2, 0.25) is 0 Å². The van der Waals surface area contributed by atoms with E-state index in [2.05, 4.69) is 0 Å². The van der Waals surface area contributed by atoms with Gasteiger partial charge >= 0.3 is 0 Å². The Morgan fingerprint density at radius 3 is 2.47 bits per heavy atom. The summed E-state index contributed by atoms with van der Waals surface area (Å²) in [6.45, 7) is 1.65. The second kappa shape index (κ2) is 3.49. The van der Waals surface area contributed by atoms with Gasteiger partial charge in [-0.2, -0.15) is 0 Å². The highest BCUT2D eigenvalue weighted by Crippen LogP contribution is 2.38. The van der Waals surface area contributed by atoms with Crippen molar-refractivity contribution in [2.75, 3.05) is 0 Å². The highest BCUT2D eigenvalue weighted by Gasteiger charge is 2.32. The molecule has 1 fully saturated rings. The van der Waals surface area contributed by atoms with Crippen LogP contribution in [0.4, 0.5) is 4.39 Å². The number of rotatable bonds is 1. The molecule has 1 aliphatic rings. The Kier molecular flexibility index (Phi) is 2.43. The monoisotopic (exact) mass is 209 g/mol. The van der Waals surface area contributed by atoms with Crippen LogP contribution in [0.25, 0.3) is 0 Å². The molecule has 15 heavy (non-hydrogen) atoms. The molecule has 0 amide bonds. The fourth-order valence-electron chi connectivity index (χ4n) is 2.33. The van der Waals surface area contributed by atoms with Crippen molar-refractivity contribution in [3.05, 3.63) is 29.1 Å². The molecule has 1 aromatic carbocycles. The Balaban J connectivity index is 2.45. The van der Waals surface area contributed by atoms with E-state index in [-0.39, 0.29) is 11.3 Å². The van der Waals surface area contributed by atoms with Crippen molar-refractivity contribution < 1.29 is 9.50 Å². The highest BCUT2D eigenvalue weighted by atomic mass is 19.1. The minimum atomic E-state index is -0.541. The molecule has 0 heterocycles. The first-order valence-corrected chi connectivity index (χ1v) is 5.31. The Labute approximate surface area is 88.9 Å². The SMILES string of the molecule is Cc1cc(C2(N)CCCC2)cc(O)c1F. The third kappa shape index (κ3) is 1.72. The van der Waals surface area contributed by atoms with E-state index >= 15 is 0 Å². The molecule has 0 unspecified atom stereocenters. The number of phenolic OH excluding ortho intramolecular Hbond substituents is 1. The summed E-state index contributed by atoms with van der Waals surface area (Å²) in [6, 6.07) is 3.22. The smallest absolute Gasteiger partial charge is 0.167 e. The molecule has 0 atom stereocenters. The van der Waals surface area contributed by atoms with Gasteiger partial charge in [0.15, 0.2) is 11.6 Å². The fourth-order valence-corrected chi connectivity index (χ4v) is 2.33. The molecule has 3 heteroatoms. The van der Waals surface area contributed by atoms with Crippen LogP contribution in [0.3, 0.4) is 0 Å². The molecule has 0 spiro atoms. The summed E-state index contributed by atoms with van der Waals surface area (Å²) in [4.78, 5) is 0. The van der Waals surface area contributed by atoms with Gasteiger partial charge in [0.2, 0.25) is 0 Å². The Bertz CT molecular complexity index is 360. The van der Waals surface area contributed by atoms with E-state index in [0.29, 0.717) is 5.56 Å².